The third-order valence-corrected chi connectivity index (χ3v) is 3.53. The molecule has 1 saturated carbocycles. The summed E-state index contributed by atoms with van der Waals surface area (Å²) in [7, 11) is 0. The number of hydrogen-bond acceptors (Lipinski definition) is 2. The summed E-state index contributed by atoms with van der Waals surface area (Å²) in [5.41, 5.74) is -0.187. The van der Waals surface area contributed by atoms with Crippen molar-refractivity contribution in [3.8, 4) is 0 Å². The van der Waals surface area contributed by atoms with Gasteiger partial charge >= 0.3 is 5.97 Å². The van der Waals surface area contributed by atoms with Crippen molar-refractivity contribution in [2.24, 2.45) is 5.92 Å². The summed E-state index contributed by atoms with van der Waals surface area (Å²) in [6.07, 6.45) is 0.494. The van der Waals surface area contributed by atoms with Gasteiger partial charge in [-0.15, -0.1) is 0 Å². The first-order valence-corrected chi connectivity index (χ1v) is 6.45. The van der Waals surface area contributed by atoms with Crippen LogP contribution in [0, 0.1) is 5.92 Å². The topological polar surface area (TPSA) is 40.5 Å². The summed E-state index contributed by atoms with van der Waals surface area (Å²) in [4.78, 5) is 12.6. The molecule has 0 heterocycles. The van der Waals surface area contributed by atoms with Crippen LogP contribution in [0.25, 0.3) is 0 Å². The number of nitrogens with zero attached hydrogens (tertiary/aromatic N) is 1. The van der Waals surface area contributed by atoms with Crippen LogP contribution in [0.15, 0.2) is 0 Å². The molecule has 1 aliphatic rings. The molecule has 0 aromatic carbocycles. The highest BCUT2D eigenvalue weighted by molar-refractivity contribution is 5.66. The van der Waals surface area contributed by atoms with Crippen molar-refractivity contribution in [3.05, 3.63) is 0 Å². The van der Waals surface area contributed by atoms with Gasteiger partial charge in [0.25, 0.3) is 0 Å². The zero-order valence-corrected chi connectivity index (χ0v) is 11.4. The predicted molar refractivity (Wildman–Crippen MR) is 65.9 cm³/mol. The van der Waals surface area contributed by atoms with E-state index in [9.17, 15) is 13.6 Å². The molecule has 0 saturated heterocycles. The maximum absolute atomic E-state index is 13.1. The number of halogens is 2. The molecule has 106 valence electrons. The molecule has 0 aliphatic heterocycles. The Kier molecular flexibility index (Phi) is 4.70. The van der Waals surface area contributed by atoms with Gasteiger partial charge in [0.2, 0.25) is 5.92 Å². The van der Waals surface area contributed by atoms with Crippen molar-refractivity contribution in [3.63, 3.8) is 0 Å². The molecule has 1 unspecified atom stereocenters. The van der Waals surface area contributed by atoms with E-state index < -0.39 is 11.9 Å². The van der Waals surface area contributed by atoms with E-state index in [1.165, 1.54) is 0 Å². The molecule has 0 aromatic rings. The van der Waals surface area contributed by atoms with Crippen LogP contribution in [0.2, 0.25) is 0 Å². The van der Waals surface area contributed by atoms with Gasteiger partial charge in [-0.05, 0) is 33.1 Å². The van der Waals surface area contributed by atoms with E-state index in [0.717, 1.165) is 0 Å². The van der Waals surface area contributed by atoms with Crippen molar-refractivity contribution >= 4 is 5.97 Å². The van der Waals surface area contributed by atoms with Gasteiger partial charge in [0.05, 0.1) is 6.42 Å². The fraction of sp³-hybridized carbons (Fsp3) is 0.923. The third-order valence-electron chi connectivity index (χ3n) is 3.53. The molecule has 18 heavy (non-hydrogen) atoms. The molecular weight excluding hydrogens is 240 g/mol. The number of hydrogen-bond donors (Lipinski definition) is 1. The molecule has 1 rings (SSSR count). The maximum Gasteiger partial charge on any atom is 0.304 e. The summed E-state index contributed by atoms with van der Waals surface area (Å²) in [6, 6.07) is 0. The number of rotatable bonds is 5. The SMILES string of the molecule is CC(C)(C)N(CCC(=O)O)CC1CCC(F)(F)C1. The minimum Gasteiger partial charge on any atom is -0.481 e. The molecule has 0 aromatic heterocycles. The van der Waals surface area contributed by atoms with E-state index >= 15 is 0 Å². The fourth-order valence-electron chi connectivity index (χ4n) is 2.44. The first kappa shape index (κ1) is 15.3. The van der Waals surface area contributed by atoms with E-state index in [0.29, 0.717) is 19.5 Å². The van der Waals surface area contributed by atoms with Gasteiger partial charge in [0.15, 0.2) is 0 Å². The van der Waals surface area contributed by atoms with Crippen molar-refractivity contribution in [1.29, 1.82) is 0 Å². The Labute approximate surface area is 107 Å². The number of carboxylic acids is 1. The number of carbonyl (C=O) groups is 1. The average Bonchev–Trinajstić information content (AvgIpc) is 2.50. The van der Waals surface area contributed by atoms with E-state index in [1.54, 1.807) is 0 Å². The van der Waals surface area contributed by atoms with Crippen LogP contribution in [-0.2, 0) is 4.79 Å². The highest BCUT2D eigenvalue weighted by Gasteiger charge is 2.40. The Morgan fingerprint density at radius 2 is 2.06 bits per heavy atom. The van der Waals surface area contributed by atoms with E-state index in [4.69, 9.17) is 5.11 Å². The summed E-state index contributed by atoms with van der Waals surface area (Å²) >= 11 is 0. The Balaban J connectivity index is 2.54. The van der Waals surface area contributed by atoms with Crippen molar-refractivity contribution < 1.29 is 18.7 Å². The Morgan fingerprint density at radius 1 is 1.44 bits per heavy atom. The first-order valence-electron chi connectivity index (χ1n) is 6.45. The second-order valence-electron chi connectivity index (χ2n) is 6.23. The summed E-state index contributed by atoms with van der Waals surface area (Å²) in [5, 5.41) is 8.73. The van der Waals surface area contributed by atoms with Gasteiger partial charge in [-0.2, -0.15) is 0 Å². The van der Waals surface area contributed by atoms with Gasteiger partial charge in [0.1, 0.15) is 0 Å². The lowest BCUT2D eigenvalue weighted by Crippen LogP contribution is -2.45. The lowest BCUT2D eigenvalue weighted by Gasteiger charge is -2.37. The number of aliphatic carboxylic acids is 1. The maximum atomic E-state index is 13.1. The van der Waals surface area contributed by atoms with Crippen LogP contribution in [0.1, 0.15) is 46.5 Å². The molecule has 5 heteroatoms. The van der Waals surface area contributed by atoms with E-state index in [2.05, 4.69) is 0 Å². The molecule has 0 bridgehead atoms. The van der Waals surface area contributed by atoms with Gasteiger partial charge in [-0.25, -0.2) is 8.78 Å². The van der Waals surface area contributed by atoms with Crippen LogP contribution < -0.4 is 0 Å². The predicted octanol–water partition coefficient (Wildman–Crippen LogP) is 3.00. The monoisotopic (exact) mass is 263 g/mol. The highest BCUT2D eigenvalue weighted by atomic mass is 19.3. The first-order chi connectivity index (χ1) is 8.10. The lowest BCUT2D eigenvalue weighted by molar-refractivity contribution is -0.137. The second kappa shape index (κ2) is 5.51. The van der Waals surface area contributed by atoms with Gasteiger partial charge < -0.3 is 5.11 Å². The Morgan fingerprint density at radius 3 is 2.44 bits per heavy atom. The second-order valence-corrected chi connectivity index (χ2v) is 6.23. The minimum absolute atomic E-state index is 0.0204. The average molecular weight is 263 g/mol. The number of alkyl halides is 2. The highest BCUT2D eigenvalue weighted by Crippen LogP contribution is 2.39. The largest absolute Gasteiger partial charge is 0.481 e. The lowest BCUT2D eigenvalue weighted by atomic mass is 10.0. The van der Waals surface area contributed by atoms with Crippen LogP contribution in [0.3, 0.4) is 0 Å². The van der Waals surface area contributed by atoms with Crippen molar-refractivity contribution in [1.82, 2.24) is 4.90 Å². The summed E-state index contributed by atoms with van der Waals surface area (Å²) in [5.74, 6) is -3.39. The fourth-order valence-corrected chi connectivity index (χ4v) is 2.44. The minimum atomic E-state index is -2.53. The van der Waals surface area contributed by atoms with Crippen LogP contribution in [0.4, 0.5) is 8.78 Å². The van der Waals surface area contributed by atoms with E-state index in [1.807, 2.05) is 25.7 Å². The zero-order chi connectivity index (χ0) is 14.0. The molecule has 1 aliphatic carbocycles. The van der Waals surface area contributed by atoms with Crippen LogP contribution >= 0.6 is 0 Å². The normalized spacial score (nSPS) is 23.6. The molecule has 0 spiro atoms. The Hall–Kier alpha value is -0.710. The molecule has 1 fully saturated rings. The van der Waals surface area contributed by atoms with E-state index in [-0.39, 0.29) is 30.7 Å². The summed E-state index contributed by atoms with van der Waals surface area (Å²) < 4.78 is 26.3. The van der Waals surface area contributed by atoms with Gasteiger partial charge in [0, 0.05) is 31.5 Å². The standard InChI is InChI=1S/C13H23F2NO2/c1-12(2,3)16(7-5-11(17)18)9-10-4-6-13(14,15)8-10/h10H,4-9H2,1-3H3,(H,17,18). The quantitative estimate of drug-likeness (QED) is 0.829. The van der Waals surface area contributed by atoms with Crippen LogP contribution in [-0.4, -0.2) is 40.5 Å². The molecule has 3 nitrogen and oxygen atoms in total. The van der Waals surface area contributed by atoms with Gasteiger partial charge in [-0.3, -0.25) is 9.69 Å². The zero-order valence-electron chi connectivity index (χ0n) is 11.4. The molecular formula is C13H23F2NO2. The number of carboxylic acid groups (broad SMARTS) is 1. The summed E-state index contributed by atoms with van der Waals surface area (Å²) in [6.45, 7) is 6.94. The molecule has 1 atom stereocenters. The smallest absolute Gasteiger partial charge is 0.304 e. The van der Waals surface area contributed by atoms with Crippen LogP contribution in [0.5, 0.6) is 0 Å². The van der Waals surface area contributed by atoms with Crippen molar-refractivity contribution in [2.45, 2.75) is 57.9 Å². The van der Waals surface area contributed by atoms with Crippen molar-refractivity contribution in [2.75, 3.05) is 13.1 Å². The third kappa shape index (κ3) is 4.88. The molecule has 1 N–H and O–H groups in total. The molecule has 0 amide bonds. The molecule has 0 radical (unpaired) electrons. The Bertz CT molecular complexity index is 300. The van der Waals surface area contributed by atoms with Gasteiger partial charge in [-0.1, -0.05) is 0 Å².